The Balaban J connectivity index is 1.64. The molecule has 1 aromatic rings. The first-order valence-electron chi connectivity index (χ1n) is 8.89. The van der Waals surface area contributed by atoms with Gasteiger partial charge in [0.2, 0.25) is 0 Å². The van der Waals surface area contributed by atoms with Gasteiger partial charge in [0.1, 0.15) is 0 Å². The summed E-state index contributed by atoms with van der Waals surface area (Å²) < 4.78 is 5.62. The highest BCUT2D eigenvalue weighted by molar-refractivity contribution is 5.95. The van der Waals surface area contributed by atoms with Gasteiger partial charge in [0, 0.05) is 38.1 Å². The maximum atomic E-state index is 12.8. The van der Waals surface area contributed by atoms with Crippen molar-refractivity contribution in [2.24, 2.45) is 0 Å². The maximum Gasteiger partial charge on any atom is 0.255 e. The number of carbonyl (C=O) groups excluding carboxylic acids is 1. The van der Waals surface area contributed by atoms with Crippen LogP contribution in [0.25, 0.3) is 0 Å². The molecular formula is C18H27N3O2. The first-order chi connectivity index (χ1) is 11.3. The van der Waals surface area contributed by atoms with E-state index in [2.05, 4.69) is 17.2 Å². The molecule has 0 bridgehead atoms. The van der Waals surface area contributed by atoms with E-state index in [1.807, 2.05) is 11.0 Å². The third-order valence-corrected chi connectivity index (χ3v) is 4.90. The van der Waals surface area contributed by atoms with Crippen LogP contribution in [-0.2, 0) is 4.74 Å². The lowest BCUT2D eigenvalue weighted by Gasteiger charge is -2.35. The quantitative estimate of drug-likeness (QED) is 0.907. The molecule has 1 aromatic heterocycles. The number of anilines is 1. The Morgan fingerprint density at radius 2 is 2.26 bits per heavy atom. The molecule has 1 N–H and O–H groups in total. The van der Waals surface area contributed by atoms with Crippen LogP contribution in [0.3, 0.4) is 0 Å². The Morgan fingerprint density at radius 3 is 3.04 bits per heavy atom. The summed E-state index contributed by atoms with van der Waals surface area (Å²) in [6.07, 6.45) is 10.4. The molecule has 2 unspecified atom stereocenters. The zero-order valence-electron chi connectivity index (χ0n) is 14.0. The molecule has 3 heterocycles. The Morgan fingerprint density at radius 1 is 1.35 bits per heavy atom. The number of pyridine rings is 1. The summed E-state index contributed by atoms with van der Waals surface area (Å²) >= 11 is 0. The maximum absolute atomic E-state index is 12.8. The second-order valence-corrected chi connectivity index (χ2v) is 6.53. The largest absolute Gasteiger partial charge is 0.381 e. The van der Waals surface area contributed by atoms with Crippen molar-refractivity contribution < 1.29 is 9.53 Å². The second kappa shape index (κ2) is 7.77. The number of nitrogens with zero attached hydrogens (tertiary/aromatic N) is 2. The van der Waals surface area contributed by atoms with Crippen molar-refractivity contribution >= 4 is 11.6 Å². The number of amides is 1. The first-order valence-corrected chi connectivity index (χ1v) is 8.89. The van der Waals surface area contributed by atoms with E-state index in [-0.39, 0.29) is 12.0 Å². The second-order valence-electron chi connectivity index (χ2n) is 6.53. The fourth-order valence-corrected chi connectivity index (χ4v) is 3.55. The molecule has 0 aromatic carbocycles. The summed E-state index contributed by atoms with van der Waals surface area (Å²) in [4.78, 5) is 19.1. The Labute approximate surface area is 138 Å². The van der Waals surface area contributed by atoms with Gasteiger partial charge in [0.25, 0.3) is 5.91 Å². The molecule has 3 rings (SSSR count). The van der Waals surface area contributed by atoms with Gasteiger partial charge < -0.3 is 15.0 Å². The van der Waals surface area contributed by atoms with Gasteiger partial charge in [-0.15, -0.1) is 0 Å². The molecule has 2 fully saturated rings. The van der Waals surface area contributed by atoms with Crippen LogP contribution in [0, 0.1) is 0 Å². The van der Waals surface area contributed by atoms with Crippen LogP contribution in [0.4, 0.5) is 5.69 Å². The molecule has 2 saturated heterocycles. The topological polar surface area (TPSA) is 54.5 Å². The third-order valence-electron chi connectivity index (χ3n) is 4.90. The summed E-state index contributed by atoms with van der Waals surface area (Å²) in [7, 11) is 0. The van der Waals surface area contributed by atoms with Gasteiger partial charge in [-0.2, -0.15) is 0 Å². The molecule has 2 aliphatic heterocycles. The van der Waals surface area contributed by atoms with Crippen molar-refractivity contribution in [2.75, 3.05) is 25.0 Å². The molecule has 5 heteroatoms. The molecule has 2 aliphatic rings. The minimum Gasteiger partial charge on any atom is -0.381 e. The minimum absolute atomic E-state index is 0.116. The Hall–Kier alpha value is -1.62. The van der Waals surface area contributed by atoms with Crippen LogP contribution in [0.15, 0.2) is 18.5 Å². The van der Waals surface area contributed by atoms with Crippen LogP contribution < -0.4 is 5.32 Å². The summed E-state index contributed by atoms with van der Waals surface area (Å²) in [5.74, 6) is 0.116. The van der Waals surface area contributed by atoms with Crippen LogP contribution in [0.2, 0.25) is 0 Å². The predicted octanol–water partition coefficient (Wildman–Crippen LogP) is 3.08. The number of hydrogen-bond acceptors (Lipinski definition) is 4. The number of aromatic nitrogens is 1. The van der Waals surface area contributed by atoms with Gasteiger partial charge in [-0.25, -0.2) is 0 Å². The SMILES string of the molecule is CCC1CCCCN1C(=O)c1cncc(NCC2CCCO2)c1. The molecule has 0 radical (unpaired) electrons. The first kappa shape index (κ1) is 16.2. The number of carbonyl (C=O) groups is 1. The fourth-order valence-electron chi connectivity index (χ4n) is 3.55. The summed E-state index contributed by atoms with van der Waals surface area (Å²) in [5.41, 5.74) is 1.58. The smallest absolute Gasteiger partial charge is 0.255 e. The van der Waals surface area contributed by atoms with Crippen LogP contribution in [-0.4, -0.2) is 47.6 Å². The summed E-state index contributed by atoms with van der Waals surface area (Å²) in [6.45, 7) is 4.66. The van der Waals surface area contributed by atoms with E-state index in [1.165, 1.54) is 6.42 Å². The van der Waals surface area contributed by atoms with E-state index < -0.39 is 0 Å². The lowest BCUT2D eigenvalue weighted by Crippen LogP contribution is -2.43. The van der Waals surface area contributed by atoms with Gasteiger partial charge >= 0.3 is 0 Å². The molecule has 126 valence electrons. The van der Waals surface area contributed by atoms with Crippen molar-refractivity contribution in [3.8, 4) is 0 Å². The van der Waals surface area contributed by atoms with Gasteiger partial charge in [-0.3, -0.25) is 9.78 Å². The molecule has 0 aliphatic carbocycles. The fraction of sp³-hybridized carbons (Fsp3) is 0.667. The number of ether oxygens (including phenoxy) is 1. The highest BCUT2D eigenvalue weighted by atomic mass is 16.5. The van der Waals surface area contributed by atoms with E-state index in [4.69, 9.17) is 4.74 Å². The average molecular weight is 317 g/mol. The van der Waals surface area contributed by atoms with Crippen molar-refractivity contribution in [1.29, 1.82) is 0 Å². The van der Waals surface area contributed by atoms with E-state index >= 15 is 0 Å². The van der Waals surface area contributed by atoms with Crippen molar-refractivity contribution in [1.82, 2.24) is 9.88 Å². The molecule has 0 spiro atoms. The minimum atomic E-state index is 0.116. The highest BCUT2D eigenvalue weighted by Gasteiger charge is 2.26. The van der Waals surface area contributed by atoms with Crippen LogP contribution in [0.1, 0.15) is 55.8 Å². The molecule has 23 heavy (non-hydrogen) atoms. The number of piperidine rings is 1. The van der Waals surface area contributed by atoms with Crippen molar-refractivity contribution in [3.05, 3.63) is 24.0 Å². The van der Waals surface area contributed by atoms with Crippen molar-refractivity contribution in [3.63, 3.8) is 0 Å². The normalized spacial score (nSPS) is 24.7. The zero-order chi connectivity index (χ0) is 16.1. The summed E-state index contributed by atoms with van der Waals surface area (Å²) in [6, 6.07) is 2.30. The monoisotopic (exact) mass is 317 g/mol. The Kier molecular flexibility index (Phi) is 5.49. The van der Waals surface area contributed by atoms with E-state index in [1.54, 1.807) is 12.4 Å². The van der Waals surface area contributed by atoms with Crippen molar-refractivity contribution in [2.45, 2.75) is 57.6 Å². The standard InChI is InChI=1S/C18H27N3O2/c1-2-16-6-3-4-8-21(16)18(22)14-10-15(12-19-11-14)20-13-17-7-5-9-23-17/h10-12,16-17,20H,2-9,13H2,1H3. The lowest BCUT2D eigenvalue weighted by atomic mass is 9.99. The van der Waals surface area contributed by atoms with Crippen LogP contribution >= 0.6 is 0 Å². The number of nitrogens with one attached hydrogen (secondary N) is 1. The third kappa shape index (κ3) is 4.02. The number of rotatable bonds is 5. The van der Waals surface area contributed by atoms with Gasteiger partial charge in [0.05, 0.1) is 17.4 Å². The number of hydrogen-bond donors (Lipinski definition) is 1. The van der Waals surface area contributed by atoms with Crippen LogP contribution in [0.5, 0.6) is 0 Å². The molecule has 2 atom stereocenters. The highest BCUT2D eigenvalue weighted by Crippen LogP contribution is 2.22. The number of likely N-dealkylation sites (tertiary alicyclic amines) is 1. The van der Waals surface area contributed by atoms with E-state index in [0.29, 0.717) is 11.6 Å². The molecular weight excluding hydrogens is 290 g/mol. The predicted molar refractivity (Wildman–Crippen MR) is 90.7 cm³/mol. The molecule has 1 amide bonds. The average Bonchev–Trinajstić information content (AvgIpc) is 3.13. The van der Waals surface area contributed by atoms with E-state index in [0.717, 1.165) is 57.5 Å². The molecule has 0 saturated carbocycles. The molecule has 5 nitrogen and oxygen atoms in total. The van der Waals surface area contributed by atoms with E-state index in [9.17, 15) is 4.79 Å². The van der Waals surface area contributed by atoms with Gasteiger partial charge in [-0.1, -0.05) is 6.92 Å². The summed E-state index contributed by atoms with van der Waals surface area (Å²) in [5, 5.41) is 3.35. The zero-order valence-corrected chi connectivity index (χ0v) is 14.0. The van der Waals surface area contributed by atoms with Gasteiger partial charge in [-0.05, 0) is 44.6 Å². The lowest BCUT2D eigenvalue weighted by molar-refractivity contribution is 0.0607. The van der Waals surface area contributed by atoms with Gasteiger partial charge in [0.15, 0.2) is 0 Å². The Bertz CT molecular complexity index is 529.